The van der Waals surface area contributed by atoms with E-state index in [0.717, 1.165) is 21.9 Å². The monoisotopic (exact) mass is 447 g/mol. The van der Waals surface area contributed by atoms with Crippen LogP contribution in [-0.2, 0) is 14.8 Å². The standard InChI is InChI=1S/C22H29N3O5S/c1-16(2)15-30-21-10-6-18(7-11-21)14-23-24-22(26)17(3)25(31(5,27)28)19-8-12-20(29-4)13-9-19/h6-14,16-17H,15H2,1-5H3,(H,24,26)/b23-14-/t17-/m1/s1. The van der Waals surface area contributed by atoms with Gasteiger partial charge in [-0.25, -0.2) is 13.8 Å². The van der Waals surface area contributed by atoms with Gasteiger partial charge < -0.3 is 9.47 Å². The number of sulfonamides is 1. The highest BCUT2D eigenvalue weighted by atomic mass is 32.2. The van der Waals surface area contributed by atoms with E-state index < -0.39 is 22.0 Å². The Morgan fingerprint density at radius 3 is 2.16 bits per heavy atom. The molecule has 2 aromatic rings. The first-order valence-corrected chi connectivity index (χ1v) is 11.7. The summed E-state index contributed by atoms with van der Waals surface area (Å²) in [6.07, 6.45) is 2.53. The second-order valence-corrected chi connectivity index (χ2v) is 9.30. The van der Waals surface area contributed by atoms with Gasteiger partial charge in [-0.1, -0.05) is 13.8 Å². The predicted molar refractivity (Wildman–Crippen MR) is 122 cm³/mol. The third-order valence-corrected chi connectivity index (χ3v) is 5.51. The van der Waals surface area contributed by atoms with E-state index in [-0.39, 0.29) is 0 Å². The first-order valence-electron chi connectivity index (χ1n) is 9.81. The van der Waals surface area contributed by atoms with E-state index in [9.17, 15) is 13.2 Å². The van der Waals surface area contributed by atoms with Gasteiger partial charge in [-0.3, -0.25) is 9.10 Å². The van der Waals surface area contributed by atoms with Gasteiger partial charge in [0.25, 0.3) is 5.91 Å². The van der Waals surface area contributed by atoms with Crippen LogP contribution in [0, 0.1) is 5.92 Å². The minimum atomic E-state index is -3.71. The van der Waals surface area contributed by atoms with E-state index in [0.29, 0.717) is 24.0 Å². The van der Waals surface area contributed by atoms with E-state index in [1.54, 1.807) is 24.3 Å². The Hall–Kier alpha value is -3.07. The van der Waals surface area contributed by atoms with Gasteiger partial charge in [0, 0.05) is 0 Å². The molecule has 8 nitrogen and oxygen atoms in total. The lowest BCUT2D eigenvalue weighted by molar-refractivity contribution is -0.121. The van der Waals surface area contributed by atoms with E-state index in [2.05, 4.69) is 24.4 Å². The molecule has 1 atom stereocenters. The Morgan fingerprint density at radius 2 is 1.65 bits per heavy atom. The van der Waals surface area contributed by atoms with E-state index in [1.165, 1.54) is 20.2 Å². The quantitative estimate of drug-likeness (QED) is 0.446. The van der Waals surface area contributed by atoms with Crippen molar-refractivity contribution in [1.82, 2.24) is 5.43 Å². The third kappa shape index (κ3) is 7.29. The lowest BCUT2D eigenvalue weighted by atomic mass is 10.2. The minimum absolute atomic E-state index is 0.354. The molecule has 0 saturated heterocycles. The number of amides is 1. The van der Waals surface area contributed by atoms with Gasteiger partial charge in [-0.2, -0.15) is 5.10 Å². The summed E-state index contributed by atoms with van der Waals surface area (Å²) in [7, 11) is -2.19. The molecule has 2 aromatic carbocycles. The molecular formula is C22H29N3O5S. The number of carbonyl (C=O) groups is 1. The number of nitrogens with one attached hydrogen (secondary N) is 1. The zero-order chi connectivity index (χ0) is 23.0. The van der Waals surface area contributed by atoms with Gasteiger partial charge in [-0.05, 0) is 66.9 Å². The molecule has 1 N–H and O–H groups in total. The van der Waals surface area contributed by atoms with Gasteiger partial charge in [0.1, 0.15) is 17.5 Å². The first-order chi connectivity index (χ1) is 14.6. The number of methoxy groups -OCH3 is 1. The lowest BCUT2D eigenvalue weighted by Gasteiger charge is -2.27. The number of nitrogens with zero attached hydrogens (tertiary/aromatic N) is 2. The molecule has 2 rings (SSSR count). The minimum Gasteiger partial charge on any atom is -0.497 e. The summed E-state index contributed by atoms with van der Waals surface area (Å²) < 4.78 is 36.4. The molecule has 31 heavy (non-hydrogen) atoms. The molecule has 0 unspecified atom stereocenters. The lowest BCUT2D eigenvalue weighted by Crippen LogP contribution is -2.46. The number of ether oxygens (including phenoxy) is 2. The van der Waals surface area contributed by atoms with Crippen molar-refractivity contribution in [2.45, 2.75) is 26.8 Å². The average molecular weight is 448 g/mol. The van der Waals surface area contributed by atoms with Crippen molar-refractivity contribution in [3.05, 3.63) is 54.1 Å². The van der Waals surface area contributed by atoms with Crippen molar-refractivity contribution in [2.24, 2.45) is 11.0 Å². The molecule has 0 aliphatic carbocycles. The van der Waals surface area contributed by atoms with Gasteiger partial charge >= 0.3 is 0 Å². The molecule has 0 bridgehead atoms. The molecule has 0 spiro atoms. The Bertz CT molecular complexity index is 987. The largest absolute Gasteiger partial charge is 0.497 e. The number of hydrogen-bond acceptors (Lipinski definition) is 6. The molecule has 168 valence electrons. The molecule has 0 radical (unpaired) electrons. The molecule has 0 aliphatic rings. The van der Waals surface area contributed by atoms with Crippen LogP contribution in [0.5, 0.6) is 11.5 Å². The highest BCUT2D eigenvalue weighted by Crippen LogP contribution is 2.23. The number of hydrazone groups is 1. The van der Waals surface area contributed by atoms with Crippen LogP contribution in [0.1, 0.15) is 26.3 Å². The van der Waals surface area contributed by atoms with Gasteiger partial charge in [0.15, 0.2) is 0 Å². The van der Waals surface area contributed by atoms with Gasteiger partial charge in [0.05, 0.1) is 31.9 Å². The Morgan fingerprint density at radius 1 is 1.06 bits per heavy atom. The maximum absolute atomic E-state index is 12.5. The van der Waals surface area contributed by atoms with Crippen LogP contribution in [0.4, 0.5) is 5.69 Å². The average Bonchev–Trinajstić information content (AvgIpc) is 2.72. The van der Waals surface area contributed by atoms with Crippen molar-refractivity contribution in [3.8, 4) is 11.5 Å². The SMILES string of the molecule is COc1ccc(N([C@H](C)C(=O)N/N=C\c2ccc(OCC(C)C)cc2)S(C)(=O)=O)cc1. The van der Waals surface area contributed by atoms with Crippen molar-refractivity contribution >= 4 is 27.8 Å². The highest BCUT2D eigenvalue weighted by Gasteiger charge is 2.29. The fourth-order valence-electron chi connectivity index (χ4n) is 2.71. The molecular weight excluding hydrogens is 418 g/mol. The van der Waals surface area contributed by atoms with Crippen molar-refractivity contribution < 1.29 is 22.7 Å². The molecule has 0 aromatic heterocycles. The molecule has 0 saturated carbocycles. The summed E-state index contributed by atoms with van der Waals surface area (Å²) in [5.74, 6) is 1.21. The normalized spacial score (nSPS) is 12.6. The number of anilines is 1. The Balaban J connectivity index is 2.04. The molecule has 9 heteroatoms. The van der Waals surface area contributed by atoms with Crippen LogP contribution in [0.2, 0.25) is 0 Å². The maximum atomic E-state index is 12.5. The number of rotatable bonds is 10. The molecule has 0 heterocycles. The zero-order valence-electron chi connectivity index (χ0n) is 18.4. The molecule has 1 amide bonds. The maximum Gasteiger partial charge on any atom is 0.263 e. The van der Waals surface area contributed by atoms with E-state index >= 15 is 0 Å². The summed E-state index contributed by atoms with van der Waals surface area (Å²) in [5.41, 5.74) is 3.52. The smallest absolute Gasteiger partial charge is 0.263 e. The van der Waals surface area contributed by atoms with Crippen molar-refractivity contribution in [2.75, 3.05) is 24.3 Å². The number of benzene rings is 2. The summed E-state index contributed by atoms with van der Waals surface area (Å²) in [5, 5.41) is 3.95. The van der Waals surface area contributed by atoms with Crippen molar-refractivity contribution in [1.29, 1.82) is 0 Å². The molecule has 0 aliphatic heterocycles. The Kier molecular flexibility index (Phi) is 8.44. The summed E-state index contributed by atoms with van der Waals surface area (Å²) in [4.78, 5) is 12.5. The Labute approximate surface area is 183 Å². The van der Waals surface area contributed by atoms with Gasteiger partial charge in [-0.15, -0.1) is 0 Å². The fourth-order valence-corrected chi connectivity index (χ4v) is 3.89. The second-order valence-electron chi connectivity index (χ2n) is 7.44. The second kappa shape index (κ2) is 10.8. The molecule has 0 fully saturated rings. The van der Waals surface area contributed by atoms with Crippen LogP contribution < -0.4 is 19.2 Å². The zero-order valence-corrected chi connectivity index (χ0v) is 19.2. The number of hydrogen-bond donors (Lipinski definition) is 1. The van der Waals surface area contributed by atoms with Crippen LogP contribution in [-0.4, -0.2) is 46.6 Å². The topological polar surface area (TPSA) is 97.3 Å². The summed E-state index contributed by atoms with van der Waals surface area (Å²) in [6, 6.07) is 12.7. The first kappa shape index (κ1) is 24.2. The summed E-state index contributed by atoms with van der Waals surface area (Å²) >= 11 is 0. The van der Waals surface area contributed by atoms with E-state index in [1.807, 2.05) is 24.3 Å². The van der Waals surface area contributed by atoms with Crippen LogP contribution in [0.15, 0.2) is 53.6 Å². The van der Waals surface area contributed by atoms with Gasteiger partial charge in [0.2, 0.25) is 10.0 Å². The fraction of sp³-hybridized carbons (Fsp3) is 0.364. The summed E-state index contributed by atoms with van der Waals surface area (Å²) in [6.45, 7) is 6.28. The van der Waals surface area contributed by atoms with Crippen LogP contribution in [0.3, 0.4) is 0 Å². The van der Waals surface area contributed by atoms with Crippen LogP contribution in [0.25, 0.3) is 0 Å². The van der Waals surface area contributed by atoms with Crippen molar-refractivity contribution in [3.63, 3.8) is 0 Å². The van der Waals surface area contributed by atoms with Crippen LogP contribution >= 0.6 is 0 Å². The number of carbonyl (C=O) groups excluding carboxylic acids is 1. The third-order valence-electron chi connectivity index (χ3n) is 4.27. The predicted octanol–water partition coefficient (Wildman–Crippen LogP) is 3.03. The highest BCUT2D eigenvalue weighted by molar-refractivity contribution is 7.92. The van der Waals surface area contributed by atoms with E-state index in [4.69, 9.17) is 9.47 Å².